The summed E-state index contributed by atoms with van der Waals surface area (Å²) in [5.41, 5.74) is 0.935. The molecule has 0 aliphatic heterocycles. The van der Waals surface area contributed by atoms with Crippen molar-refractivity contribution in [2.45, 2.75) is 6.92 Å². The average molecular weight is 280 g/mol. The fourth-order valence-corrected chi connectivity index (χ4v) is 1.54. The maximum absolute atomic E-state index is 11.9. The molecule has 0 bridgehead atoms. The standard InChI is InChI=1S/C13H16N2O5/c1-8-9(12(17)18)5-4-6-10(8)14-13(19)15(2)7-11(16)20-3/h4-6H,7H2,1-3H3,(H,14,19)(H,17,18). The molecule has 7 nitrogen and oxygen atoms in total. The molecule has 0 aromatic heterocycles. The minimum Gasteiger partial charge on any atom is -0.478 e. The number of anilines is 1. The van der Waals surface area contributed by atoms with E-state index in [9.17, 15) is 14.4 Å². The molecule has 108 valence electrons. The van der Waals surface area contributed by atoms with E-state index in [-0.39, 0.29) is 12.1 Å². The van der Waals surface area contributed by atoms with Gasteiger partial charge in [0.1, 0.15) is 6.54 Å². The lowest BCUT2D eigenvalue weighted by molar-refractivity contribution is -0.140. The molecule has 1 rings (SSSR count). The number of carbonyl (C=O) groups excluding carboxylic acids is 2. The van der Waals surface area contributed by atoms with Crippen LogP contribution in [0.2, 0.25) is 0 Å². The molecule has 1 aromatic rings. The maximum Gasteiger partial charge on any atom is 0.336 e. The number of hydrogen-bond acceptors (Lipinski definition) is 4. The number of methoxy groups -OCH3 is 1. The fourth-order valence-electron chi connectivity index (χ4n) is 1.54. The van der Waals surface area contributed by atoms with E-state index in [0.29, 0.717) is 11.3 Å². The number of benzene rings is 1. The maximum atomic E-state index is 11.9. The molecule has 0 fully saturated rings. The average Bonchev–Trinajstić information content (AvgIpc) is 2.40. The Kier molecular flexibility index (Phi) is 5.08. The van der Waals surface area contributed by atoms with Crippen LogP contribution in [0.25, 0.3) is 0 Å². The van der Waals surface area contributed by atoms with Crippen LogP contribution < -0.4 is 5.32 Å². The van der Waals surface area contributed by atoms with Crippen LogP contribution in [-0.2, 0) is 9.53 Å². The highest BCUT2D eigenvalue weighted by atomic mass is 16.5. The number of ether oxygens (including phenoxy) is 1. The first-order valence-corrected chi connectivity index (χ1v) is 5.78. The van der Waals surface area contributed by atoms with Crippen molar-refractivity contribution < 1.29 is 24.2 Å². The van der Waals surface area contributed by atoms with Crippen LogP contribution in [0.15, 0.2) is 18.2 Å². The van der Waals surface area contributed by atoms with Gasteiger partial charge in [-0.1, -0.05) is 6.07 Å². The van der Waals surface area contributed by atoms with E-state index in [4.69, 9.17) is 5.11 Å². The van der Waals surface area contributed by atoms with Crippen molar-refractivity contribution in [3.05, 3.63) is 29.3 Å². The molecule has 20 heavy (non-hydrogen) atoms. The van der Waals surface area contributed by atoms with E-state index >= 15 is 0 Å². The largest absolute Gasteiger partial charge is 0.478 e. The molecule has 0 radical (unpaired) electrons. The van der Waals surface area contributed by atoms with Gasteiger partial charge >= 0.3 is 18.0 Å². The molecule has 0 aliphatic carbocycles. The molecule has 7 heteroatoms. The van der Waals surface area contributed by atoms with Crippen LogP contribution in [0.3, 0.4) is 0 Å². The third-order valence-electron chi connectivity index (χ3n) is 2.75. The smallest absolute Gasteiger partial charge is 0.336 e. The molecule has 0 aliphatic rings. The summed E-state index contributed by atoms with van der Waals surface area (Å²) in [6.07, 6.45) is 0. The van der Waals surface area contributed by atoms with Crippen LogP contribution in [-0.4, -0.2) is 48.7 Å². The summed E-state index contributed by atoms with van der Waals surface area (Å²) in [6, 6.07) is 4.05. The first-order chi connectivity index (χ1) is 9.36. The zero-order valence-corrected chi connectivity index (χ0v) is 11.5. The zero-order valence-electron chi connectivity index (χ0n) is 11.5. The lowest BCUT2D eigenvalue weighted by atomic mass is 10.1. The van der Waals surface area contributed by atoms with Crippen molar-refractivity contribution in [2.75, 3.05) is 26.0 Å². The van der Waals surface area contributed by atoms with Crippen LogP contribution in [0.1, 0.15) is 15.9 Å². The summed E-state index contributed by atoms with van der Waals surface area (Å²) in [5, 5.41) is 11.6. The summed E-state index contributed by atoms with van der Waals surface area (Å²) >= 11 is 0. The van der Waals surface area contributed by atoms with Crippen molar-refractivity contribution in [3.8, 4) is 0 Å². The third kappa shape index (κ3) is 3.71. The number of nitrogens with one attached hydrogen (secondary N) is 1. The lowest BCUT2D eigenvalue weighted by Gasteiger charge is -2.18. The minimum atomic E-state index is -1.07. The van der Waals surface area contributed by atoms with Crippen molar-refractivity contribution in [1.82, 2.24) is 4.90 Å². The molecule has 0 spiro atoms. The molecule has 0 heterocycles. The monoisotopic (exact) mass is 280 g/mol. The van der Waals surface area contributed by atoms with Gasteiger partial charge in [-0.25, -0.2) is 9.59 Å². The van der Waals surface area contributed by atoms with Gasteiger partial charge in [0.25, 0.3) is 0 Å². The highest BCUT2D eigenvalue weighted by Gasteiger charge is 2.16. The number of amides is 2. The third-order valence-corrected chi connectivity index (χ3v) is 2.75. The number of esters is 1. The van der Waals surface area contributed by atoms with E-state index in [2.05, 4.69) is 10.1 Å². The molecule has 1 aromatic carbocycles. The van der Waals surface area contributed by atoms with Gasteiger partial charge in [0, 0.05) is 12.7 Å². The van der Waals surface area contributed by atoms with Gasteiger partial charge in [-0.2, -0.15) is 0 Å². The van der Waals surface area contributed by atoms with E-state index < -0.39 is 18.0 Å². The van der Waals surface area contributed by atoms with Crippen molar-refractivity contribution in [2.24, 2.45) is 0 Å². The summed E-state index contributed by atoms with van der Waals surface area (Å²) < 4.78 is 4.46. The van der Waals surface area contributed by atoms with Crippen molar-refractivity contribution >= 4 is 23.7 Å². The number of hydrogen-bond donors (Lipinski definition) is 2. The van der Waals surface area contributed by atoms with Crippen LogP contribution >= 0.6 is 0 Å². The Morgan fingerprint density at radius 1 is 1.35 bits per heavy atom. The van der Waals surface area contributed by atoms with Gasteiger partial charge in [-0.3, -0.25) is 4.79 Å². The molecule has 0 saturated heterocycles. The van der Waals surface area contributed by atoms with E-state index in [1.165, 1.54) is 26.3 Å². The second-order valence-electron chi connectivity index (χ2n) is 4.15. The van der Waals surface area contributed by atoms with E-state index in [1.807, 2.05) is 0 Å². The molecular weight excluding hydrogens is 264 g/mol. The van der Waals surface area contributed by atoms with Crippen LogP contribution in [0.5, 0.6) is 0 Å². The highest BCUT2D eigenvalue weighted by Crippen LogP contribution is 2.19. The topological polar surface area (TPSA) is 95.9 Å². The second kappa shape index (κ2) is 6.55. The molecule has 0 saturated carbocycles. The quantitative estimate of drug-likeness (QED) is 0.811. The van der Waals surface area contributed by atoms with Gasteiger partial charge in [-0.15, -0.1) is 0 Å². The molecule has 2 amide bonds. The molecule has 2 N–H and O–H groups in total. The molecular formula is C13H16N2O5. The number of carbonyl (C=O) groups is 3. The van der Waals surface area contributed by atoms with E-state index in [0.717, 1.165) is 4.90 Å². The SMILES string of the molecule is COC(=O)CN(C)C(=O)Nc1cccc(C(=O)O)c1C. The Hall–Kier alpha value is -2.57. The Bertz CT molecular complexity index is 542. The number of likely N-dealkylation sites (N-methyl/N-ethyl adjacent to an activating group) is 1. The molecule has 0 unspecified atom stereocenters. The molecule has 0 atom stereocenters. The summed E-state index contributed by atoms with van der Waals surface area (Å²) in [7, 11) is 2.66. The highest BCUT2D eigenvalue weighted by molar-refractivity contribution is 5.96. The number of aromatic carboxylic acids is 1. The second-order valence-corrected chi connectivity index (χ2v) is 4.15. The van der Waals surface area contributed by atoms with Crippen LogP contribution in [0, 0.1) is 6.92 Å². The van der Waals surface area contributed by atoms with Crippen molar-refractivity contribution in [1.29, 1.82) is 0 Å². The predicted molar refractivity (Wildman–Crippen MR) is 71.8 cm³/mol. The Labute approximate surface area is 116 Å². The first-order valence-electron chi connectivity index (χ1n) is 5.78. The van der Waals surface area contributed by atoms with Crippen LogP contribution in [0.4, 0.5) is 10.5 Å². The van der Waals surface area contributed by atoms with Gasteiger partial charge in [0.2, 0.25) is 0 Å². The lowest BCUT2D eigenvalue weighted by Crippen LogP contribution is -2.36. The number of rotatable bonds is 4. The number of carboxylic acid groups (broad SMARTS) is 1. The summed E-state index contributed by atoms with van der Waals surface area (Å²) in [5.74, 6) is -1.61. The van der Waals surface area contributed by atoms with Gasteiger partial charge < -0.3 is 20.1 Å². The normalized spacial score (nSPS) is 9.75. The summed E-state index contributed by atoms with van der Waals surface area (Å²) in [6.45, 7) is 1.40. The number of urea groups is 1. The summed E-state index contributed by atoms with van der Waals surface area (Å²) in [4.78, 5) is 35.1. The van der Waals surface area contributed by atoms with Gasteiger partial charge in [-0.05, 0) is 24.6 Å². The zero-order chi connectivity index (χ0) is 15.3. The fraction of sp³-hybridized carbons (Fsp3) is 0.308. The van der Waals surface area contributed by atoms with Gasteiger partial charge in [0.05, 0.1) is 12.7 Å². The first kappa shape index (κ1) is 15.5. The van der Waals surface area contributed by atoms with Crippen molar-refractivity contribution in [3.63, 3.8) is 0 Å². The number of carboxylic acids is 1. The van der Waals surface area contributed by atoms with E-state index in [1.54, 1.807) is 13.0 Å². The Balaban J connectivity index is 2.83. The minimum absolute atomic E-state index is 0.110. The Morgan fingerprint density at radius 3 is 2.55 bits per heavy atom. The number of nitrogens with zero attached hydrogens (tertiary/aromatic N) is 1. The Morgan fingerprint density at radius 2 is 2.00 bits per heavy atom. The van der Waals surface area contributed by atoms with Gasteiger partial charge in [0.15, 0.2) is 0 Å². The predicted octanol–water partition coefficient (Wildman–Crippen LogP) is 1.33.